The van der Waals surface area contributed by atoms with Crippen LogP contribution in [0.25, 0.3) is 0 Å². The third-order valence-corrected chi connectivity index (χ3v) is 5.08. The van der Waals surface area contributed by atoms with Crippen LogP contribution in [0.15, 0.2) is 53.9 Å². The maximum atomic E-state index is 13.6. The molecular weight excluding hydrogens is 391 g/mol. The second kappa shape index (κ2) is 9.93. The Kier molecular flexibility index (Phi) is 7.08. The Morgan fingerprint density at radius 2 is 1.90 bits per heavy atom. The van der Waals surface area contributed by atoms with E-state index in [-0.39, 0.29) is 37.6 Å². The number of amides is 1. The molecule has 1 N–H and O–H groups in total. The summed E-state index contributed by atoms with van der Waals surface area (Å²) in [6, 6.07) is 13.9. The van der Waals surface area contributed by atoms with Crippen molar-refractivity contribution in [2.45, 2.75) is 32.8 Å². The van der Waals surface area contributed by atoms with E-state index in [2.05, 4.69) is 10.3 Å². The van der Waals surface area contributed by atoms with Crippen molar-refractivity contribution in [3.63, 3.8) is 0 Å². The fraction of sp³-hybridized carbons (Fsp3) is 0.227. The highest BCUT2D eigenvalue weighted by Gasteiger charge is 2.11. The minimum atomic E-state index is -0.417. The molecule has 0 aliphatic carbocycles. The molecule has 0 radical (unpaired) electrons. The van der Waals surface area contributed by atoms with Gasteiger partial charge in [-0.2, -0.15) is 0 Å². The van der Waals surface area contributed by atoms with Crippen LogP contribution in [0, 0.1) is 12.7 Å². The molecule has 0 spiro atoms. The number of hydrogen-bond donors (Lipinski definition) is 1. The summed E-state index contributed by atoms with van der Waals surface area (Å²) in [7, 11) is 0. The highest BCUT2D eigenvalue weighted by Crippen LogP contribution is 2.15. The van der Waals surface area contributed by atoms with E-state index in [0.29, 0.717) is 16.3 Å². The molecule has 7 heteroatoms. The Labute approximate surface area is 172 Å². The Bertz CT molecular complexity index is 986. The molecule has 0 aliphatic rings. The van der Waals surface area contributed by atoms with Crippen molar-refractivity contribution in [3.8, 4) is 0 Å². The van der Waals surface area contributed by atoms with Crippen molar-refractivity contribution < 1.29 is 18.7 Å². The first kappa shape index (κ1) is 20.7. The van der Waals surface area contributed by atoms with Gasteiger partial charge in [0, 0.05) is 17.5 Å². The van der Waals surface area contributed by atoms with E-state index in [0.717, 1.165) is 11.3 Å². The zero-order chi connectivity index (χ0) is 20.6. The lowest BCUT2D eigenvalue weighted by molar-refractivity contribution is -0.145. The van der Waals surface area contributed by atoms with Crippen LogP contribution in [0.5, 0.6) is 0 Å². The number of esters is 1. The second-order valence-electron chi connectivity index (χ2n) is 6.58. The molecule has 5 nitrogen and oxygen atoms in total. The molecule has 3 aromatic rings. The lowest BCUT2D eigenvalue weighted by atomic mass is 10.1. The summed E-state index contributed by atoms with van der Waals surface area (Å²) in [4.78, 5) is 28.3. The monoisotopic (exact) mass is 412 g/mol. The van der Waals surface area contributed by atoms with Gasteiger partial charge < -0.3 is 10.1 Å². The normalized spacial score (nSPS) is 10.6. The van der Waals surface area contributed by atoms with Gasteiger partial charge in [-0.1, -0.05) is 35.9 Å². The van der Waals surface area contributed by atoms with Gasteiger partial charge >= 0.3 is 5.97 Å². The van der Waals surface area contributed by atoms with Gasteiger partial charge in [0.2, 0.25) is 5.91 Å². The van der Waals surface area contributed by atoms with Crippen molar-refractivity contribution in [2.75, 3.05) is 5.32 Å². The molecule has 0 saturated carbocycles. The first-order valence-electron chi connectivity index (χ1n) is 9.18. The number of rotatable bonds is 8. The molecule has 0 saturated heterocycles. The number of nitrogens with zero attached hydrogens (tertiary/aromatic N) is 1. The molecular formula is C22H21FN2O3S. The van der Waals surface area contributed by atoms with Crippen LogP contribution < -0.4 is 5.32 Å². The van der Waals surface area contributed by atoms with Crippen molar-refractivity contribution in [3.05, 3.63) is 81.6 Å². The first-order chi connectivity index (χ1) is 14.0. The summed E-state index contributed by atoms with van der Waals surface area (Å²) in [6.45, 7) is 2.02. The number of benzene rings is 2. The Morgan fingerprint density at radius 3 is 2.66 bits per heavy atom. The van der Waals surface area contributed by atoms with E-state index in [4.69, 9.17) is 4.74 Å². The predicted octanol–water partition coefficient (Wildman–Crippen LogP) is 4.45. The summed E-state index contributed by atoms with van der Waals surface area (Å²) < 4.78 is 18.8. The topological polar surface area (TPSA) is 68.3 Å². The van der Waals surface area contributed by atoms with Gasteiger partial charge in [-0.05, 0) is 37.1 Å². The minimum Gasteiger partial charge on any atom is -0.459 e. The maximum Gasteiger partial charge on any atom is 0.306 e. The fourth-order valence-corrected chi connectivity index (χ4v) is 3.42. The number of halogens is 1. The lowest BCUT2D eigenvalue weighted by Crippen LogP contribution is -2.14. The van der Waals surface area contributed by atoms with Crippen molar-refractivity contribution in [1.29, 1.82) is 0 Å². The summed E-state index contributed by atoms with van der Waals surface area (Å²) in [5.41, 5.74) is 2.93. The molecule has 0 aliphatic heterocycles. The van der Waals surface area contributed by atoms with Crippen molar-refractivity contribution >= 4 is 28.9 Å². The van der Waals surface area contributed by atoms with Crippen molar-refractivity contribution in [2.24, 2.45) is 0 Å². The van der Waals surface area contributed by atoms with E-state index >= 15 is 0 Å². The number of hydrogen-bond acceptors (Lipinski definition) is 5. The molecule has 150 valence electrons. The highest BCUT2D eigenvalue weighted by atomic mass is 32.1. The summed E-state index contributed by atoms with van der Waals surface area (Å²) in [5, 5.41) is 5.23. The molecule has 1 heterocycles. The first-order valence-corrected chi connectivity index (χ1v) is 10.1. The third kappa shape index (κ3) is 6.50. The number of anilines is 1. The zero-order valence-electron chi connectivity index (χ0n) is 16.0. The largest absolute Gasteiger partial charge is 0.459 e. The van der Waals surface area contributed by atoms with Gasteiger partial charge in [-0.3, -0.25) is 9.59 Å². The number of ether oxygens (including phenoxy) is 1. The Balaban J connectivity index is 1.42. The minimum absolute atomic E-state index is 0.0339. The number of thiazole rings is 1. The summed E-state index contributed by atoms with van der Waals surface area (Å²) >= 11 is 1.34. The SMILES string of the molecule is Cc1ccc(NC(=O)Cc2nc(COC(=O)CCc3ccccc3F)cs2)cc1. The average molecular weight is 412 g/mol. The number of carbonyl (C=O) groups is 2. The average Bonchev–Trinajstić information content (AvgIpc) is 3.14. The molecule has 1 aromatic heterocycles. The fourth-order valence-electron chi connectivity index (χ4n) is 2.64. The third-order valence-electron chi connectivity index (χ3n) is 4.18. The number of carbonyl (C=O) groups excluding carboxylic acids is 2. The predicted molar refractivity (Wildman–Crippen MR) is 110 cm³/mol. The van der Waals surface area contributed by atoms with Crippen LogP contribution in [-0.4, -0.2) is 16.9 Å². The van der Waals surface area contributed by atoms with E-state index < -0.39 is 5.97 Å². The van der Waals surface area contributed by atoms with Gasteiger partial charge in [-0.25, -0.2) is 9.37 Å². The van der Waals surface area contributed by atoms with Gasteiger partial charge in [0.25, 0.3) is 0 Å². The van der Waals surface area contributed by atoms with Crippen LogP contribution >= 0.6 is 11.3 Å². The quantitative estimate of drug-likeness (QED) is 0.555. The standard InChI is InChI=1S/C22H21FN2O3S/c1-15-6-9-17(10-7-15)24-20(26)12-21-25-18(14-29-21)13-28-22(27)11-8-16-4-2-3-5-19(16)23/h2-7,9-10,14H,8,11-13H2,1H3,(H,24,26). The molecule has 0 unspecified atom stereocenters. The Hall–Kier alpha value is -3.06. The molecule has 1 amide bonds. The second-order valence-corrected chi connectivity index (χ2v) is 7.52. The smallest absolute Gasteiger partial charge is 0.306 e. The molecule has 0 fully saturated rings. The van der Waals surface area contributed by atoms with Gasteiger partial charge in [-0.15, -0.1) is 11.3 Å². The maximum absolute atomic E-state index is 13.6. The number of aromatic nitrogens is 1. The van der Waals surface area contributed by atoms with Crippen LogP contribution in [0.3, 0.4) is 0 Å². The lowest BCUT2D eigenvalue weighted by Gasteiger charge is -2.05. The van der Waals surface area contributed by atoms with Crippen molar-refractivity contribution in [1.82, 2.24) is 4.98 Å². The van der Waals surface area contributed by atoms with E-state index in [1.54, 1.807) is 23.6 Å². The molecule has 29 heavy (non-hydrogen) atoms. The molecule has 3 rings (SSSR count). The zero-order valence-corrected chi connectivity index (χ0v) is 16.8. The molecule has 2 aromatic carbocycles. The van der Waals surface area contributed by atoms with Crippen LogP contribution in [0.1, 0.15) is 28.2 Å². The van der Waals surface area contributed by atoms with Crippen LogP contribution in [0.2, 0.25) is 0 Å². The number of aryl methyl sites for hydroxylation is 2. The van der Waals surface area contributed by atoms with E-state index in [1.165, 1.54) is 17.4 Å². The highest BCUT2D eigenvalue weighted by molar-refractivity contribution is 7.09. The Morgan fingerprint density at radius 1 is 1.14 bits per heavy atom. The summed E-state index contributed by atoms with van der Waals surface area (Å²) in [6.07, 6.45) is 0.531. The van der Waals surface area contributed by atoms with E-state index in [1.807, 2.05) is 31.2 Å². The van der Waals surface area contributed by atoms with E-state index in [9.17, 15) is 14.0 Å². The van der Waals surface area contributed by atoms with Gasteiger partial charge in [0.1, 0.15) is 17.4 Å². The van der Waals surface area contributed by atoms with Crippen LogP contribution in [0.4, 0.5) is 10.1 Å². The van der Waals surface area contributed by atoms with Gasteiger partial charge in [0.15, 0.2) is 0 Å². The van der Waals surface area contributed by atoms with Crippen LogP contribution in [-0.2, 0) is 33.8 Å². The molecule has 0 atom stereocenters. The molecule has 0 bridgehead atoms. The van der Waals surface area contributed by atoms with Gasteiger partial charge in [0.05, 0.1) is 12.1 Å². The number of nitrogens with one attached hydrogen (secondary N) is 1. The summed E-state index contributed by atoms with van der Waals surface area (Å²) in [5.74, 6) is -0.898.